The fourth-order valence-corrected chi connectivity index (χ4v) is 2.65. The molecule has 0 bridgehead atoms. The molecule has 142 valence electrons. The van der Waals surface area contributed by atoms with Gasteiger partial charge in [-0.2, -0.15) is 31.4 Å². The molecule has 27 heavy (non-hydrogen) atoms. The standard InChI is InChI=1S/C15H8F6N4OS/c16-14(17,18)10-7-11(15(19,20)21)25(24-10)9-3-1-8(2-4-9)23-12(26)13-22-5-6-27-13/h1-7H,(H,23,26). The zero-order valence-corrected chi connectivity index (χ0v) is 13.8. The second-order valence-electron chi connectivity index (χ2n) is 5.16. The van der Waals surface area contributed by atoms with Crippen LogP contribution in [0.4, 0.5) is 32.0 Å². The number of thiazole rings is 1. The predicted octanol–water partition coefficient (Wildman–Crippen LogP) is 4.62. The molecule has 12 heteroatoms. The van der Waals surface area contributed by atoms with Crippen molar-refractivity contribution in [2.75, 3.05) is 5.32 Å². The number of amides is 1. The van der Waals surface area contributed by atoms with E-state index in [1.165, 1.54) is 18.3 Å². The molecule has 3 aromatic rings. The van der Waals surface area contributed by atoms with Crippen molar-refractivity contribution >= 4 is 22.9 Å². The van der Waals surface area contributed by atoms with Gasteiger partial charge in [0.05, 0.1) is 5.69 Å². The summed E-state index contributed by atoms with van der Waals surface area (Å²) in [5.74, 6) is -0.521. The Kier molecular flexibility index (Phi) is 4.68. The van der Waals surface area contributed by atoms with E-state index in [2.05, 4.69) is 15.4 Å². The first-order valence-electron chi connectivity index (χ1n) is 7.11. The minimum atomic E-state index is -5.03. The van der Waals surface area contributed by atoms with Gasteiger partial charge in [0.2, 0.25) is 0 Å². The first kappa shape index (κ1) is 18.9. The van der Waals surface area contributed by atoms with Gasteiger partial charge in [0, 0.05) is 23.3 Å². The van der Waals surface area contributed by atoms with Crippen LogP contribution in [0.2, 0.25) is 0 Å². The normalized spacial score (nSPS) is 12.2. The SMILES string of the molecule is O=C(Nc1ccc(-n2nc(C(F)(F)F)cc2C(F)(F)F)cc1)c1nccs1. The molecule has 0 saturated carbocycles. The minimum Gasteiger partial charge on any atom is -0.320 e. The monoisotopic (exact) mass is 406 g/mol. The second-order valence-corrected chi connectivity index (χ2v) is 6.05. The third-order valence-electron chi connectivity index (χ3n) is 3.29. The van der Waals surface area contributed by atoms with E-state index < -0.39 is 29.6 Å². The third kappa shape index (κ3) is 4.10. The molecule has 0 spiro atoms. The summed E-state index contributed by atoms with van der Waals surface area (Å²) < 4.78 is 77.5. The van der Waals surface area contributed by atoms with Crippen LogP contribution >= 0.6 is 11.3 Å². The van der Waals surface area contributed by atoms with E-state index in [1.807, 2.05) is 0 Å². The zero-order valence-electron chi connectivity index (χ0n) is 13.0. The van der Waals surface area contributed by atoms with Gasteiger partial charge >= 0.3 is 12.4 Å². The minimum absolute atomic E-state index is 0.0574. The Balaban J connectivity index is 1.91. The number of hydrogen-bond donors (Lipinski definition) is 1. The van der Waals surface area contributed by atoms with Crippen LogP contribution in [0.1, 0.15) is 21.2 Å². The Morgan fingerprint density at radius 3 is 2.22 bits per heavy atom. The number of anilines is 1. The first-order chi connectivity index (χ1) is 12.6. The smallest absolute Gasteiger partial charge is 0.320 e. The predicted molar refractivity (Wildman–Crippen MR) is 83.6 cm³/mol. The molecular weight excluding hydrogens is 398 g/mol. The van der Waals surface area contributed by atoms with E-state index in [9.17, 15) is 31.1 Å². The van der Waals surface area contributed by atoms with Crippen molar-refractivity contribution in [2.45, 2.75) is 12.4 Å². The third-order valence-corrected chi connectivity index (χ3v) is 4.06. The van der Waals surface area contributed by atoms with Gasteiger partial charge in [0.1, 0.15) is 5.69 Å². The van der Waals surface area contributed by atoms with Gasteiger partial charge in [-0.3, -0.25) is 4.79 Å². The van der Waals surface area contributed by atoms with Crippen molar-refractivity contribution in [2.24, 2.45) is 0 Å². The van der Waals surface area contributed by atoms with Crippen LogP contribution in [0.3, 0.4) is 0 Å². The average Bonchev–Trinajstić information content (AvgIpc) is 3.24. The van der Waals surface area contributed by atoms with Crippen LogP contribution in [0.15, 0.2) is 41.9 Å². The summed E-state index contributed by atoms with van der Waals surface area (Å²) in [4.78, 5) is 15.7. The van der Waals surface area contributed by atoms with Gasteiger partial charge in [-0.1, -0.05) is 0 Å². The summed E-state index contributed by atoms with van der Waals surface area (Å²) in [7, 11) is 0. The number of alkyl halides is 6. The lowest BCUT2D eigenvalue weighted by atomic mass is 10.2. The lowest BCUT2D eigenvalue weighted by molar-refractivity contribution is -0.143. The number of rotatable bonds is 3. The lowest BCUT2D eigenvalue weighted by Crippen LogP contribution is -2.14. The zero-order chi connectivity index (χ0) is 19.8. The topological polar surface area (TPSA) is 59.8 Å². The summed E-state index contributed by atoms with van der Waals surface area (Å²) in [5.41, 5.74) is -3.23. The van der Waals surface area contributed by atoms with Gasteiger partial charge in [0.15, 0.2) is 10.7 Å². The van der Waals surface area contributed by atoms with Crippen LogP contribution < -0.4 is 5.32 Å². The Bertz CT molecular complexity index is 944. The average molecular weight is 406 g/mol. The highest BCUT2D eigenvalue weighted by Crippen LogP contribution is 2.36. The molecule has 1 aromatic carbocycles. The van der Waals surface area contributed by atoms with E-state index in [-0.39, 0.29) is 27.1 Å². The maximum absolute atomic E-state index is 13.1. The number of nitrogens with one attached hydrogen (secondary N) is 1. The largest absolute Gasteiger partial charge is 0.435 e. The molecule has 1 N–H and O–H groups in total. The van der Waals surface area contributed by atoms with Crippen molar-refractivity contribution in [3.05, 3.63) is 58.3 Å². The molecule has 5 nitrogen and oxygen atoms in total. The highest BCUT2D eigenvalue weighted by Gasteiger charge is 2.42. The second kappa shape index (κ2) is 6.68. The molecular formula is C15H8F6N4OS. The van der Waals surface area contributed by atoms with Gasteiger partial charge in [0.25, 0.3) is 5.91 Å². The highest BCUT2D eigenvalue weighted by molar-refractivity contribution is 7.11. The number of carbonyl (C=O) groups excluding carboxylic acids is 1. The molecule has 0 fully saturated rings. The number of nitrogens with zero attached hydrogens (tertiary/aromatic N) is 3. The first-order valence-corrected chi connectivity index (χ1v) is 7.99. The van der Waals surface area contributed by atoms with E-state index in [0.717, 1.165) is 23.5 Å². The molecule has 0 aliphatic carbocycles. The molecule has 0 unspecified atom stereocenters. The number of halogens is 6. The summed E-state index contributed by atoms with van der Waals surface area (Å²) in [6.45, 7) is 0. The van der Waals surface area contributed by atoms with Crippen molar-refractivity contribution < 1.29 is 31.1 Å². The molecule has 2 aromatic heterocycles. The molecule has 0 radical (unpaired) electrons. The number of aromatic nitrogens is 3. The number of benzene rings is 1. The van der Waals surface area contributed by atoms with E-state index in [4.69, 9.17) is 0 Å². The van der Waals surface area contributed by atoms with Gasteiger partial charge in [-0.15, -0.1) is 11.3 Å². The summed E-state index contributed by atoms with van der Waals surface area (Å²) in [5, 5.41) is 7.27. The molecule has 3 rings (SSSR count). The van der Waals surface area contributed by atoms with Crippen LogP contribution in [0, 0.1) is 0 Å². The summed E-state index contributed by atoms with van der Waals surface area (Å²) in [6, 6.07) is 4.66. The van der Waals surface area contributed by atoms with Gasteiger partial charge in [-0.05, 0) is 24.3 Å². The Morgan fingerprint density at radius 2 is 1.70 bits per heavy atom. The lowest BCUT2D eigenvalue weighted by Gasteiger charge is -2.11. The van der Waals surface area contributed by atoms with Crippen molar-refractivity contribution in [3.8, 4) is 5.69 Å². The Hall–Kier alpha value is -2.89. The van der Waals surface area contributed by atoms with Gasteiger partial charge < -0.3 is 5.32 Å². The van der Waals surface area contributed by atoms with E-state index in [1.54, 1.807) is 5.38 Å². The van der Waals surface area contributed by atoms with Crippen LogP contribution in [-0.4, -0.2) is 20.7 Å². The summed E-state index contributed by atoms with van der Waals surface area (Å²) >= 11 is 1.09. The number of carbonyl (C=O) groups is 1. The van der Waals surface area contributed by atoms with Crippen molar-refractivity contribution in [3.63, 3.8) is 0 Å². The maximum Gasteiger partial charge on any atom is 0.435 e. The van der Waals surface area contributed by atoms with E-state index >= 15 is 0 Å². The summed E-state index contributed by atoms with van der Waals surface area (Å²) in [6.07, 6.45) is -8.63. The Labute approximate surface area is 151 Å². The van der Waals surface area contributed by atoms with Gasteiger partial charge in [-0.25, -0.2) is 9.67 Å². The fraction of sp³-hybridized carbons (Fsp3) is 0.133. The van der Waals surface area contributed by atoms with Crippen LogP contribution in [0.5, 0.6) is 0 Å². The molecule has 0 aliphatic rings. The Morgan fingerprint density at radius 1 is 1.04 bits per heavy atom. The van der Waals surface area contributed by atoms with Crippen LogP contribution in [0.25, 0.3) is 5.69 Å². The van der Waals surface area contributed by atoms with Crippen LogP contribution in [-0.2, 0) is 12.4 Å². The maximum atomic E-state index is 13.1. The van der Waals surface area contributed by atoms with Crippen molar-refractivity contribution in [1.82, 2.24) is 14.8 Å². The van der Waals surface area contributed by atoms with E-state index in [0.29, 0.717) is 0 Å². The fourth-order valence-electron chi connectivity index (χ4n) is 2.12. The molecule has 0 saturated heterocycles. The molecule has 2 heterocycles. The highest BCUT2D eigenvalue weighted by atomic mass is 32.1. The number of hydrogen-bond acceptors (Lipinski definition) is 4. The quantitative estimate of drug-likeness (QED) is 0.646. The molecule has 1 amide bonds. The van der Waals surface area contributed by atoms with Crippen molar-refractivity contribution in [1.29, 1.82) is 0 Å². The molecule has 0 atom stereocenters. The molecule has 0 aliphatic heterocycles.